The number of halogens is 1. The van der Waals surface area contributed by atoms with Gasteiger partial charge in [0.05, 0.1) is 0 Å². The highest BCUT2D eigenvalue weighted by molar-refractivity contribution is 5.39. The SMILES string of the molecule is C[C@H](N)c1ccc(F)c2c1CCCC2. The third-order valence-electron chi connectivity index (χ3n) is 3.00. The lowest BCUT2D eigenvalue weighted by Crippen LogP contribution is -2.14. The molecule has 1 aliphatic carbocycles. The Morgan fingerprint density at radius 1 is 1.21 bits per heavy atom. The molecule has 0 bridgehead atoms. The summed E-state index contributed by atoms with van der Waals surface area (Å²) < 4.78 is 13.5. The molecule has 0 saturated carbocycles. The summed E-state index contributed by atoms with van der Waals surface area (Å²) in [7, 11) is 0. The summed E-state index contributed by atoms with van der Waals surface area (Å²) in [5.41, 5.74) is 9.07. The van der Waals surface area contributed by atoms with E-state index in [9.17, 15) is 4.39 Å². The molecule has 0 radical (unpaired) electrons. The summed E-state index contributed by atoms with van der Waals surface area (Å²) >= 11 is 0. The van der Waals surface area contributed by atoms with Crippen molar-refractivity contribution in [1.82, 2.24) is 0 Å². The van der Waals surface area contributed by atoms with Gasteiger partial charge in [-0.3, -0.25) is 0 Å². The van der Waals surface area contributed by atoms with Crippen molar-refractivity contribution < 1.29 is 4.39 Å². The van der Waals surface area contributed by atoms with Gasteiger partial charge in [-0.2, -0.15) is 0 Å². The highest BCUT2D eigenvalue weighted by Gasteiger charge is 2.18. The van der Waals surface area contributed by atoms with E-state index in [1.54, 1.807) is 6.07 Å². The monoisotopic (exact) mass is 193 g/mol. The van der Waals surface area contributed by atoms with E-state index in [2.05, 4.69) is 0 Å². The lowest BCUT2D eigenvalue weighted by atomic mass is 9.86. The number of hydrogen-bond donors (Lipinski definition) is 1. The number of rotatable bonds is 1. The molecule has 0 fully saturated rings. The van der Waals surface area contributed by atoms with Crippen molar-refractivity contribution in [2.45, 2.75) is 38.6 Å². The van der Waals surface area contributed by atoms with E-state index in [1.807, 2.05) is 13.0 Å². The average molecular weight is 193 g/mol. The van der Waals surface area contributed by atoms with Crippen molar-refractivity contribution in [3.05, 3.63) is 34.6 Å². The molecule has 1 aliphatic rings. The van der Waals surface area contributed by atoms with Crippen LogP contribution in [0.5, 0.6) is 0 Å². The number of benzene rings is 1. The van der Waals surface area contributed by atoms with Gasteiger partial charge in [-0.25, -0.2) is 4.39 Å². The Kier molecular flexibility index (Phi) is 2.55. The van der Waals surface area contributed by atoms with Crippen LogP contribution in [0.4, 0.5) is 4.39 Å². The van der Waals surface area contributed by atoms with Crippen molar-refractivity contribution in [3.8, 4) is 0 Å². The van der Waals surface area contributed by atoms with Gasteiger partial charge in [-0.15, -0.1) is 0 Å². The van der Waals surface area contributed by atoms with Gasteiger partial charge in [0.1, 0.15) is 5.82 Å². The second-order valence-corrected chi connectivity index (χ2v) is 4.09. The van der Waals surface area contributed by atoms with Crippen LogP contribution >= 0.6 is 0 Å². The van der Waals surface area contributed by atoms with Gasteiger partial charge in [0.25, 0.3) is 0 Å². The quantitative estimate of drug-likeness (QED) is 0.729. The first-order chi connectivity index (χ1) is 6.70. The van der Waals surface area contributed by atoms with E-state index in [1.165, 1.54) is 5.56 Å². The number of fused-ring (bicyclic) bond motifs is 1. The molecule has 0 aromatic heterocycles. The zero-order chi connectivity index (χ0) is 10.1. The molecule has 2 heteroatoms. The number of nitrogens with two attached hydrogens (primary N) is 1. The first-order valence-electron chi connectivity index (χ1n) is 5.26. The molecule has 1 aromatic carbocycles. The predicted molar refractivity (Wildman–Crippen MR) is 55.6 cm³/mol. The molecule has 0 aliphatic heterocycles. The first kappa shape index (κ1) is 9.66. The average Bonchev–Trinajstić information content (AvgIpc) is 2.18. The maximum Gasteiger partial charge on any atom is 0.126 e. The van der Waals surface area contributed by atoms with Crippen molar-refractivity contribution >= 4 is 0 Å². The normalized spacial score (nSPS) is 17.6. The molecule has 2 N–H and O–H groups in total. The molecular formula is C12H16FN. The fourth-order valence-electron chi connectivity index (χ4n) is 2.28. The molecule has 1 atom stereocenters. The van der Waals surface area contributed by atoms with Crippen molar-refractivity contribution in [1.29, 1.82) is 0 Å². The minimum absolute atomic E-state index is 0.0162. The zero-order valence-corrected chi connectivity index (χ0v) is 8.52. The molecule has 0 heterocycles. The Hall–Kier alpha value is -0.890. The molecule has 1 aromatic rings. The van der Waals surface area contributed by atoms with E-state index in [0.717, 1.165) is 36.8 Å². The minimum atomic E-state index is -0.0518. The molecule has 0 unspecified atom stereocenters. The Morgan fingerprint density at radius 3 is 2.50 bits per heavy atom. The standard InChI is InChI=1S/C12H16FN/c1-8(14)9-6-7-12(13)11-5-3-2-4-10(9)11/h6-8H,2-5,14H2,1H3/t8-/m0/s1. The zero-order valence-electron chi connectivity index (χ0n) is 8.52. The molecule has 0 saturated heterocycles. The lowest BCUT2D eigenvalue weighted by Gasteiger charge is -2.21. The topological polar surface area (TPSA) is 26.0 Å². The van der Waals surface area contributed by atoms with Crippen molar-refractivity contribution in [3.63, 3.8) is 0 Å². The second-order valence-electron chi connectivity index (χ2n) is 4.09. The van der Waals surface area contributed by atoms with Crippen LogP contribution in [0.1, 0.15) is 42.5 Å². The van der Waals surface area contributed by atoms with Crippen LogP contribution in [0.2, 0.25) is 0 Å². The largest absolute Gasteiger partial charge is 0.324 e. The van der Waals surface area contributed by atoms with Crippen LogP contribution in [0.15, 0.2) is 12.1 Å². The lowest BCUT2D eigenvalue weighted by molar-refractivity contribution is 0.572. The van der Waals surface area contributed by atoms with Gasteiger partial charge >= 0.3 is 0 Å². The molecule has 0 amide bonds. The van der Waals surface area contributed by atoms with Crippen LogP contribution in [0, 0.1) is 5.82 Å². The van der Waals surface area contributed by atoms with Crippen LogP contribution in [-0.4, -0.2) is 0 Å². The second kappa shape index (κ2) is 3.70. The molecule has 0 spiro atoms. The highest BCUT2D eigenvalue weighted by atomic mass is 19.1. The Labute approximate surface area is 84.1 Å². The van der Waals surface area contributed by atoms with Gasteiger partial charge in [0.15, 0.2) is 0 Å². The summed E-state index contributed by atoms with van der Waals surface area (Å²) in [4.78, 5) is 0. The van der Waals surface area contributed by atoms with Gasteiger partial charge in [-0.05, 0) is 55.4 Å². The highest BCUT2D eigenvalue weighted by Crippen LogP contribution is 2.29. The van der Waals surface area contributed by atoms with Crippen molar-refractivity contribution in [2.75, 3.05) is 0 Å². The summed E-state index contributed by atoms with van der Waals surface area (Å²) in [6, 6.07) is 3.41. The third kappa shape index (κ3) is 1.55. The predicted octanol–water partition coefficient (Wildman–Crippen LogP) is 2.72. The van der Waals surface area contributed by atoms with Gasteiger partial charge < -0.3 is 5.73 Å². The Balaban J connectivity index is 2.53. The molecule has 76 valence electrons. The number of hydrogen-bond acceptors (Lipinski definition) is 1. The van der Waals surface area contributed by atoms with Crippen LogP contribution < -0.4 is 5.73 Å². The fraction of sp³-hybridized carbons (Fsp3) is 0.500. The molecule has 14 heavy (non-hydrogen) atoms. The van der Waals surface area contributed by atoms with E-state index < -0.39 is 0 Å². The van der Waals surface area contributed by atoms with E-state index in [4.69, 9.17) is 5.73 Å². The maximum absolute atomic E-state index is 13.5. The Bertz CT molecular complexity index is 344. The molecule has 2 rings (SSSR count). The van der Waals surface area contributed by atoms with Crippen molar-refractivity contribution in [2.24, 2.45) is 5.73 Å². The van der Waals surface area contributed by atoms with Gasteiger partial charge in [0, 0.05) is 6.04 Å². The molecular weight excluding hydrogens is 177 g/mol. The van der Waals surface area contributed by atoms with E-state index >= 15 is 0 Å². The van der Waals surface area contributed by atoms with Crippen LogP contribution in [-0.2, 0) is 12.8 Å². The van der Waals surface area contributed by atoms with Gasteiger partial charge in [0.2, 0.25) is 0 Å². The minimum Gasteiger partial charge on any atom is -0.324 e. The van der Waals surface area contributed by atoms with Gasteiger partial charge in [-0.1, -0.05) is 6.07 Å². The van der Waals surface area contributed by atoms with Crippen LogP contribution in [0.25, 0.3) is 0 Å². The first-order valence-corrected chi connectivity index (χ1v) is 5.26. The Morgan fingerprint density at radius 2 is 1.86 bits per heavy atom. The smallest absolute Gasteiger partial charge is 0.126 e. The summed E-state index contributed by atoms with van der Waals surface area (Å²) in [6.07, 6.45) is 4.13. The maximum atomic E-state index is 13.5. The third-order valence-corrected chi connectivity index (χ3v) is 3.00. The summed E-state index contributed by atoms with van der Waals surface area (Å²) in [6.45, 7) is 1.96. The molecule has 1 nitrogen and oxygen atoms in total. The summed E-state index contributed by atoms with van der Waals surface area (Å²) in [5.74, 6) is -0.0518. The fourth-order valence-corrected chi connectivity index (χ4v) is 2.28. The van der Waals surface area contributed by atoms with E-state index in [0.29, 0.717) is 0 Å². The van der Waals surface area contributed by atoms with E-state index in [-0.39, 0.29) is 11.9 Å². The summed E-state index contributed by atoms with van der Waals surface area (Å²) in [5, 5.41) is 0. The van der Waals surface area contributed by atoms with Crippen LogP contribution in [0.3, 0.4) is 0 Å².